The number of anilines is 2. The molecule has 3 N–H and O–H groups in total. The summed E-state index contributed by atoms with van der Waals surface area (Å²) in [5.74, 6) is -0.00117. The molecule has 2 heterocycles. The summed E-state index contributed by atoms with van der Waals surface area (Å²) in [6.07, 6.45) is -4.31. The number of nitrogens with one attached hydrogen (secondary N) is 2. The Labute approximate surface area is 151 Å². The predicted octanol–water partition coefficient (Wildman–Crippen LogP) is 4.86. The van der Waals surface area contributed by atoms with Gasteiger partial charge in [-0.3, -0.25) is 0 Å². The van der Waals surface area contributed by atoms with Gasteiger partial charge in [-0.25, -0.2) is 9.97 Å². The third-order valence-electron chi connectivity index (χ3n) is 3.46. The van der Waals surface area contributed by atoms with Crippen molar-refractivity contribution in [2.75, 3.05) is 17.2 Å². The van der Waals surface area contributed by atoms with Crippen LogP contribution in [0.1, 0.15) is 13.8 Å². The van der Waals surface area contributed by atoms with Crippen LogP contribution in [-0.2, 0) is 0 Å². The number of hydrogen-bond donors (Lipinski definition) is 3. The molecule has 26 heavy (non-hydrogen) atoms. The molecule has 0 amide bonds. The summed E-state index contributed by atoms with van der Waals surface area (Å²) in [5.41, 5.74) is 1.71. The molecule has 5 nitrogen and oxygen atoms in total. The number of aromatic nitrogens is 2. The number of halogens is 3. The van der Waals surface area contributed by atoms with Gasteiger partial charge < -0.3 is 15.7 Å². The lowest BCUT2D eigenvalue weighted by atomic mass is 10.1. The molecule has 0 aliphatic rings. The third kappa shape index (κ3) is 4.34. The van der Waals surface area contributed by atoms with Gasteiger partial charge >= 0.3 is 6.18 Å². The highest BCUT2D eigenvalue weighted by molar-refractivity contribution is 7.14. The van der Waals surface area contributed by atoms with Crippen LogP contribution in [0, 0.1) is 0 Å². The van der Waals surface area contributed by atoms with Crippen molar-refractivity contribution < 1.29 is 18.3 Å². The van der Waals surface area contributed by atoms with E-state index < -0.39 is 12.7 Å². The van der Waals surface area contributed by atoms with Crippen LogP contribution in [0.4, 0.5) is 24.0 Å². The summed E-state index contributed by atoms with van der Waals surface area (Å²) < 4.78 is 37.1. The predicted molar refractivity (Wildman–Crippen MR) is 97.8 cm³/mol. The maximum absolute atomic E-state index is 12.4. The first-order valence-corrected chi connectivity index (χ1v) is 8.76. The fourth-order valence-electron chi connectivity index (χ4n) is 2.36. The number of aromatic hydroxyl groups is 1. The van der Waals surface area contributed by atoms with Crippen LogP contribution in [0.25, 0.3) is 22.3 Å². The summed E-state index contributed by atoms with van der Waals surface area (Å²) in [5, 5.41) is 18.7. The van der Waals surface area contributed by atoms with E-state index in [1.165, 1.54) is 35.6 Å². The Kier molecular flexibility index (Phi) is 4.90. The minimum absolute atomic E-state index is 0.00117. The van der Waals surface area contributed by atoms with E-state index >= 15 is 0 Å². The standard InChI is InChI=1S/C17H17F3N4OS/c1-9(2)22-16-24-14(7-26-16)13-6-15(25)11-4-3-10(5-12(11)23-13)21-8-17(18,19)20/h3-7,9,21H,8H2,1-2H3,(H,22,24)(H,23,25). The van der Waals surface area contributed by atoms with Crippen molar-refractivity contribution in [2.45, 2.75) is 26.1 Å². The number of nitrogens with zero attached hydrogens (tertiary/aromatic N) is 2. The topological polar surface area (TPSA) is 70.1 Å². The number of alkyl halides is 3. The minimum Gasteiger partial charge on any atom is -0.507 e. The Morgan fingerprint density at radius 3 is 2.62 bits per heavy atom. The molecule has 138 valence electrons. The zero-order chi connectivity index (χ0) is 18.9. The highest BCUT2D eigenvalue weighted by atomic mass is 32.1. The van der Waals surface area contributed by atoms with E-state index in [-0.39, 0.29) is 17.5 Å². The highest BCUT2D eigenvalue weighted by Gasteiger charge is 2.26. The number of fused-ring (bicyclic) bond motifs is 1. The van der Waals surface area contributed by atoms with E-state index in [0.29, 0.717) is 22.3 Å². The lowest BCUT2D eigenvalue weighted by Gasteiger charge is -2.11. The molecule has 0 saturated carbocycles. The molecule has 3 rings (SSSR count). The Morgan fingerprint density at radius 1 is 1.15 bits per heavy atom. The molecule has 0 radical (unpaired) electrons. The normalized spacial score (nSPS) is 11.9. The van der Waals surface area contributed by atoms with Crippen molar-refractivity contribution in [2.24, 2.45) is 0 Å². The lowest BCUT2D eigenvalue weighted by molar-refractivity contribution is -0.115. The van der Waals surface area contributed by atoms with Crippen LogP contribution in [0.5, 0.6) is 5.75 Å². The zero-order valence-corrected chi connectivity index (χ0v) is 14.9. The zero-order valence-electron chi connectivity index (χ0n) is 14.1. The van der Waals surface area contributed by atoms with Gasteiger partial charge in [-0.2, -0.15) is 13.2 Å². The average Bonchev–Trinajstić information content (AvgIpc) is 2.99. The van der Waals surface area contributed by atoms with Crippen LogP contribution < -0.4 is 10.6 Å². The monoisotopic (exact) mass is 382 g/mol. The Hall–Kier alpha value is -2.55. The molecular formula is C17H17F3N4OS. The summed E-state index contributed by atoms with van der Waals surface area (Å²) >= 11 is 1.42. The lowest BCUT2D eigenvalue weighted by Crippen LogP contribution is -2.21. The fraction of sp³-hybridized carbons (Fsp3) is 0.294. The van der Waals surface area contributed by atoms with Crippen molar-refractivity contribution >= 4 is 33.1 Å². The van der Waals surface area contributed by atoms with E-state index in [2.05, 4.69) is 20.6 Å². The van der Waals surface area contributed by atoms with Gasteiger partial charge in [0.1, 0.15) is 18.0 Å². The number of thiazole rings is 1. The van der Waals surface area contributed by atoms with E-state index in [0.717, 1.165) is 5.13 Å². The summed E-state index contributed by atoms with van der Waals surface area (Å²) in [6.45, 7) is 2.85. The van der Waals surface area contributed by atoms with Crippen molar-refractivity contribution in [1.29, 1.82) is 0 Å². The van der Waals surface area contributed by atoms with Gasteiger partial charge in [0.15, 0.2) is 5.13 Å². The molecule has 0 aliphatic heterocycles. The molecule has 0 aliphatic carbocycles. The first-order chi connectivity index (χ1) is 12.2. The smallest absolute Gasteiger partial charge is 0.405 e. The molecular weight excluding hydrogens is 365 g/mol. The molecule has 0 spiro atoms. The Bertz CT molecular complexity index is 924. The molecule has 9 heteroatoms. The Morgan fingerprint density at radius 2 is 1.92 bits per heavy atom. The molecule has 0 unspecified atom stereocenters. The molecule has 0 saturated heterocycles. The Balaban J connectivity index is 1.93. The first-order valence-electron chi connectivity index (χ1n) is 7.88. The van der Waals surface area contributed by atoms with Crippen LogP contribution in [-0.4, -0.2) is 33.8 Å². The van der Waals surface area contributed by atoms with Gasteiger partial charge in [-0.05, 0) is 32.0 Å². The van der Waals surface area contributed by atoms with Crippen molar-refractivity contribution in [3.8, 4) is 17.1 Å². The second kappa shape index (κ2) is 6.99. The molecule has 0 bridgehead atoms. The van der Waals surface area contributed by atoms with Gasteiger partial charge in [-0.15, -0.1) is 11.3 Å². The SMILES string of the molecule is CC(C)Nc1nc(-c2cc(O)c3ccc(NCC(F)(F)F)cc3n2)cs1. The van der Waals surface area contributed by atoms with Crippen molar-refractivity contribution in [3.63, 3.8) is 0 Å². The van der Waals surface area contributed by atoms with Gasteiger partial charge in [0.2, 0.25) is 0 Å². The molecule has 1 aromatic carbocycles. The van der Waals surface area contributed by atoms with Gasteiger partial charge in [0.05, 0.1) is 11.2 Å². The second-order valence-electron chi connectivity index (χ2n) is 6.06. The van der Waals surface area contributed by atoms with Crippen LogP contribution >= 0.6 is 11.3 Å². The van der Waals surface area contributed by atoms with Crippen LogP contribution in [0.2, 0.25) is 0 Å². The maximum atomic E-state index is 12.4. The number of benzene rings is 1. The minimum atomic E-state index is -4.31. The van der Waals surface area contributed by atoms with E-state index in [4.69, 9.17) is 0 Å². The van der Waals surface area contributed by atoms with Crippen LogP contribution in [0.3, 0.4) is 0 Å². The summed E-state index contributed by atoms with van der Waals surface area (Å²) in [7, 11) is 0. The average molecular weight is 382 g/mol. The van der Waals surface area contributed by atoms with Gasteiger partial charge in [-0.1, -0.05) is 0 Å². The molecule has 0 atom stereocenters. The number of pyridine rings is 1. The summed E-state index contributed by atoms with van der Waals surface area (Å²) in [6, 6.07) is 6.22. The maximum Gasteiger partial charge on any atom is 0.405 e. The van der Waals surface area contributed by atoms with Crippen LogP contribution in [0.15, 0.2) is 29.6 Å². The molecule has 2 aromatic heterocycles. The van der Waals surface area contributed by atoms with E-state index in [1.54, 1.807) is 0 Å². The fourth-order valence-corrected chi connectivity index (χ4v) is 3.21. The highest BCUT2D eigenvalue weighted by Crippen LogP contribution is 2.32. The van der Waals surface area contributed by atoms with Crippen molar-refractivity contribution in [3.05, 3.63) is 29.6 Å². The van der Waals surface area contributed by atoms with Crippen molar-refractivity contribution in [1.82, 2.24) is 9.97 Å². The molecule has 0 fully saturated rings. The molecule has 3 aromatic rings. The second-order valence-corrected chi connectivity index (χ2v) is 6.92. The van der Waals surface area contributed by atoms with Gasteiger partial charge in [0.25, 0.3) is 0 Å². The first kappa shape index (κ1) is 18.2. The third-order valence-corrected chi connectivity index (χ3v) is 4.23. The van der Waals surface area contributed by atoms with E-state index in [1.807, 2.05) is 19.2 Å². The number of hydrogen-bond acceptors (Lipinski definition) is 6. The quantitative estimate of drug-likeness (QED) is 0.588. The number of rotatable bonds is 5. The van der Waals surface area contributed by atoms with E-state index in [9.17, 15) is 18.3 Å². The largest absolute Gasteiger partial charge is 0.507 e. The summed E-state index contributed by atoms with van der Waals surface area (Å²) in [4.78, 5) is 8.87. The van der Waals surface area contributed by atoms with Gasteiger partial charge in [0, 0.05) is 28.6 Å².